The van der Waals surface area contributed by atoms with E-state index in [0.29, 0.717) is 17.0 Å². The van der Waals surface area contributed by atoms with Crippen molar-refractivity contribution < 1.29 is 9.21 Å². The fourth-order valence-electron chi connectivity index (χ4n) is 4.30. The lowest BCUT2D eigenvalue weighted by molar-refractivity contribution is 0.102. The normalized spacial score (nSPS) is 11.2. The summed E-state index contributed by atoms with van der Waals surface area (Å²) in [6, 6.07) is 35.9. The van der Waals surface area contributed by atoms with Crippen LogP contribution in [0.3, 0.4) is 0 Å². The third kappa shape index (κ3) is 3.03. The average molecular weight is 413 g/mol. The smallest absolute Gasteiger partial charge is 0.255 e. The van der Waals surface area contributed by atoms with E-state index in [2.05, 4.69) is 41.7 Å². The fraction of sp³-hybridized carbons (Fsp3) is 0. The molecule has 0 aliphatic rings. The van der Waals surface area contributed by atoms with E-state index < -0.39 is 0 Å². The predicted octanol–water partition coefficient (Wildman–Crippen LogP) is 7.66. The van der Waals surface area contributed by atoms with Crippen LogP contribution in [0.1, 0.15) is 10.4 Å². The number of amides is 1. The van der Waals surface area contributed by atoms with E-state index in [-0.39, 0.29) is 5.91 Å². The highest BCUT2D eigenvalue weighted by molar-refractivity contribution is 6.19. The highest BCUT2D eigenvalue weighted by Gasteiger charge is 2.21. The molecule has 0 saturated heterocycles. The molecule has 3 nitrogen and oxygen atoms in total. The largest absolute Gasteiger partial charge is 0.454 e. The van der Waals surface area contributed by atoms with Crippen molar-refractivity contribution in [2.24, 2.45) is 0 Å². The number of carbonyl (C=O) groups excluding carboxylic acids is 1. The van der Waals surface area contributed by atoms with Crippen molar-refractivity contribution in [3.63, 3.8) is 0 Å². The summed E-state index contributed by atoms with van der Waals surface area (Å²) >= 11 is 0. The minimum Gasteiger partial charge on any atom is -0.454 e. The number of anilines is 1. The second kappa shape index (κ2) is 7.40. The van der Waals surface area contributed by atoms with Gasteiger partial charge in [-0.25, -0.2) is 0 Å². The molecule has 0 aliphatic heterocycles. The summed E-state index contributed by atoms with van der Waals surface area (Å²) in [5.41, 5.74) is 2.97. The lowest BCUT2D eigenvalue weighted by Crippen LogP contribution is -2.12. The zero-order valence-corrected chi connectivity index (χ0v) is 17.2. The topological polar surface area (TPSA) is 42.2 Å². The van der Waals surface area contributed by atoms with Crippen LogP contribution in [-0.2, 0) is 0 Å². The fourth-order valence-corrected chi connectivity index (χ4v) is 4.30. The van der Waals surface area contributed by atoms with Crippen molar-refractivity contribution in [2.75, 3.05) is 5.32 Å². The van der Waals surface area contributed by atoms with Gasteiger partial charge in [-0.15, -0.1) is 0 Å². The van der Waals surface area contributed by atoms with Crippen LogP contribution in [0.4, 0.5) is 5.69 Å². The van der Waals surface area contributed by atoms with Gasteiger partial charge in [0.25, 0.3) is 5.91 Å². The van der Waals surface area contributed by atoms with Gasteiger partial charge in [-0.2, -0.15) is 0 Å². The van der Waals surface area contributed by atoms with Crippen molar-refractivity contribution in [1.82, 2.24) is 0 Å². The first-order valence-electron chi connectivity index (χ1n) is 10.6. The van der Waals surface area contributed by atoms with E-state index in [0.717, 1.165) is 38.1 Å². The first kappa shape index (κ1) is 18.4. The molecule has 3 heteroatoms. The molecule has 6 aromatic rings. The summed E-state index contributed by atoms with van der Waals surface area (Å²) in [5, 5.41) is 8.49. The molecule has 5 aromatic carbocycles. The number of rotatable bonds is 3. The summed E-state index contributed by atoms with van der Waals surface area (Å²) in [4.78, 5) is 13.1. The zero-order valence-electron chi connectivity index (χ0n) is 17.2. The van der Waals surface area contributed by atoms with Gasteiger partial charge in [0.15, 0.2) is 5.76 Å². The predicted molar refractivity (Wildman–Crippen MR) is 131 cm³/mol. The molecule has 0 aliphatic carbocycles. The van der Waals surface area contributed by atoms with Gasteiger partial charge in [0.2, 0.25) is 0 Å². The summed E-state index contributed by atoms with van der Waals surface area (Å²) in [6.45, 7) is 0. The first-order chi connectivity index (χ1) is 15.8. The number of fused-ring (bicyclic) bond motifs is 4. The number of carbonyl (C=O) groups is 1. The average Bonchev–Trinajstić information content (AvgIpc) is 3.23. The van der Waals surface area contributed by atoms with Gasteiger partial charge < -0.3 is 9.73 Å². The second-order valence-electron chi connectivity index (χ2n) is 7.85. The molecule has 0 saturated carbocycles. The van der Waals surface area contributed by atoms with E-state index in [9.17, 15) is 4.79 Å². The van der Waals surface area contributed by atoms with Crippen molar-refractivity contribution in [3.8, 4) is 11.3 Å². The van der Waals surface area contributed by atoms with Crippen molar-refractivity contribution in [3.05, 3.63) is 115 Å². The van der Waals surface area contributed by atoms with E-state index >= 15 is 0 Å². The van der Waals surface area contributed by atoms with Gasteiger partial charge in [0.1, 0.15) is 5.58 Å². The Balaban J connectivity index is 1.61. The molecular weight excluding hydrogens is 394 g/mol. The Morgan fingerprint density at radius 1 is 0.656 bits per heavy atom. The standard InChI is InChI=1S/C29H19NO2/c31-29(21-10-2-1-3-11-21)30-27-26-24-13-7-6-9-20(24)16-17-25(26)32-28(27)23-15-14-19-8-4-5-12-22(19)18-23/h1-18H,(H,30,31). The molecular formula is C29H19NO2. The number of hydrogen-bond donors (Lipinski definition) is 1. The molecule has 0 radical (unpaired) electrons. The van der Waals surface area contributed by atoms with E-state index in [1.807, 2.05) is 72.8 Å². The highest BCUT2D eigenvalue weighted by atomic mass is 16.3. The van der Waals surface area contributed by atoms with Gasteiger partial charge >= 0.3 is 0 Å². The molecule has 1 amide bonds. The SMILES string of the molecule is O=C(Nc1c(-c2ccc3ccccc3c2)oc2ccc3ccccc3c12)c1ccccc1. The van der Waals surface area contributed by atoms with Gasteiger partial charge in [-0.1, -0.05) is 84.9 Å². The van der Waals surface area contributed by atoms with Crippen LogP contribution in [-0.4, -0.2) is 5.91 Å². The Labute approximate surface area is 184 Å². The summed E-state index contributed by atoms with van der Waals surface area (Å²) in [7, 11) is 0. The Kier molecular flexibility index (Phi) is 4.25. The maximum absolute atomic E-state index is 13.1. The minimum atomic E-state index is -0.164. The third-order valence-corrected chi connectivity index (χ3v) is 5.87. The molecule has 0 atom stereocenters. The number of furan rings is 1. The van der Waals surface area contributed by atoms with Crippen LogP contribution in [0, 0.1) is 0 Å². The highest BCUT2D eigenvalue weighted by Crippen LogP contribution is 2.42. The van der Waals surface area contributed by atoms with Crippen molar-refractivity contribution >= 4 is 44.1 Å². The molecule has 32 heavy (non-hydrogen) atoms. The lowest BCUT2D eigenvalue weighted by Gasteiger charge is -2.08. The summed E-state index contributed by atoms with van der Waals surface area (Å²) in [6.07, 6.45) is 0. The molecule has 1 aromatic heterocycles. The molecule has 0 unspecified atom stereocenters. The van der Waals surface area contributed by atoms with Crippen LogP contribution in [0.5, 0.6) is 0 Å². The van der Waals surface area contributed by atoms with E-state index in [4.69, 9.17) is 4.42 Å². The number of benzene rings is 5. The number of hydrogen-bond acceptors (Lipinski definition) is 2. The zero-order chi connectivity index (χ0) is 21.5. The van der Waals surface area contributed by atoms with Crippen molar-refractivity contribution in [2.45, 2.75) is 0 Å². The van der Waals surface area contributed by atoms with Gasteiger partial charge in [0, 0.05) is 11.1 Å². The maximum atomic E-state index is 13.1. The molecule has 0 spiro atoms. The van der Waals surface area contributed by atoms with Crippen LogP contribution in [0.15, 0.2) is 114 Å². The molecule has 0 bridgehead atoms. The summed E-state index contributed by atoms with van der Waals surface area (Å²) < 4.78 is 6.36. The first-order valence-corrected chi connectivity index (χ1v) is 10.6. The molecule has 0 fully saturated rings. The quantitative estimate of drug-likeness (QED) is 0.324. The van der Waals surface area contributed by atoms with E-state index in [1.54, 1.807) is 0 Å². The molecule has 1 heterocycles. The lowest BCUT2D eigenvalue weighted by atomic mass is 10.0. The maximum Gasteiger partial charge on any atom is 0.255 e. The number of nitrogens with one attached hydrogen (secondary N) is 1. The van der Waals surface area contributed by atoms with Gasteiger partial charge in [0.05, 0.1) is 11.1 Å². The Morgan fingerprint density at radius 3 is 2.19 bits per heavy atom. The van der Waals surface area contributed by atoms with E-state index in [1.165, 1.54) is 0 Å². The monoisotopic (exact) mass is 413 g/mol. The molecule has 6 rings (SSSR count). The van der Waals surface area contributed by atoms with Crippen LogP contribution < -0.4 is 5.32 Å². The Bertz CT molecular complexity index is 1610. The van der Waals surface area contributed by atoms with Crippen molar-refractivity contribution in [1.29, 1.82) is 0 Å². The Morgan fingerprint density at radius 2 is 1.34 bits per heavy atom. The summed E-state index contributed by atoms with van der Waals surface area (Å²) in [5.74, 6) is 0.495. The third-order valence-electron chi connectivity index (χ3n) is 5.87. The molecule has 152 valence electrons. The second-order valence-corrected chi connectivity index (χ2v) is 7.85. The van der Waals surface area contributed by atoms with Crippen LogP contribution in [0.25, 0.3) is 43.8 Å². The Hall–Kier alpha value is -4.37. The van der Waals surface area contributed by atoms with Crippen LogP contribution >= 0.6 is 0 Å². The van der Waals surface area contributed by atoms with Crippen LogP contribution in [0.2, 0.25) is 0 Å². The molecule has 1 N–H and O–H groups in total. The van der Waals surface area contributed by atoms with Gasteiger partial charge in [-0.05, 0) is 45.8 Å². The minimum absolute atomic E-state index is 0.164. The van der Waals surface area contributed by atoms with Gasteiger partial charge in [-0.3, -0.25) is 4.79 Å².